The van der Waals surface area contributed by atoms with Gasteiger partial charge in [0.05, 0.1) is 17.2 Å². The van der Waals surface area contributed by atoms with E-state index in [9.17, 15) is 13.2 Å². The molecular formula is C15H16Cl3NO4S. The van der Waals surface area contributed by atoms with E-state index in [2.05, 4.69) is 0 Å². The predicted octanol–water partition coefficient (Wildman–Crippen LogP) is 3.48. The molecule has 2 fully saturated rings. The summed E-state index contributed by atoms with van der Waals surface area (Å²) in [6.45, 7) is 1.02. The topological polar surface area (TPSA) is 63.7 Å². The average molecular weight is 413 g/mol. The van der Waals surface area contributed by atoms with E-state index in [1.807, 2.05) is 0 Å². The van der Waals surface area contributed by atoms with Gasteiger partial charge in [0, 0.05) is 19.0 Å². The second-order valence-corrected chi connectivity index (χ2v) is 9.87. The molecule has 1 saturated carbocycles. The van der Waals surface area contributed by atoms with E-state index in [4.69, 9.17) is 39.5 Å². The molecule has 1 saturated heterocycles. The smallest absolute Gasteiger partial charge is 0.338 e. The van der Waals surface area contributed by atoms with Crippen molar-refractivity contribution in [3.05, 3.63) is 28.8 Å². The van der Waals surface area contributed by atoms with Gasteiger partial charge in [-0.15, -0.1) is 23.2 Å². The SMILES string of the molecule is O=C(OC[C@H]1CC1(Cl)Cl)c1ccc(Cl)c(S(=O)(=O)N2CCCC2)c1. The number of carbonyl (C=O) groups is 1. The summed E-state index contributed by atoms with van der Waals surface area (Å²) in [5.74, 6) is -0.717. The lowest BCUT2D eigenvalue weighted by atomic mass is 10.2. The summed E-state index contributed by atoms with van der Waals surface area (Å²) in [6.07, 6.45) is 2.20. The maximum Gasteiger partial charge on any atom is 0.338 e. The van der Waals surface area contributed by atoms with Crippen LogP contribution in [-0.2, 0) is 14.8 Å². The standard InChI is InChI=1S/C15H16Cl3NO4S/c16-12-4-3-10(14(20)23-9-11-8-15(11,17)18)7-13(12)24(21,22)19-5-1-2-6-19/h3-4,7,11H,1-2,5-6,8-9H2/t11-/m1/s1. The molecule has 1 aliphatic carbocycles. The van der Waals surface area contributed by atoms with Crippen LogP contribution in [0.3, 0.4) is 0 Å². The molecule has 0 spiro atoms. The zero-order valence-electron chi connectivity index (χ0n) is 12.7. The van der Waals surface area contributed by atoms with E-state index in [1.165, 1.54) is 22.5 Å². The van der Waals surface area contributed by atoms with Gasteiger partial charge >= 0.3 is 5.97 Å². The second-order valence-electron chi connectivity index (χ2n) is 6.02. The summed E-state index contributed by atoms with van der Waals surface area (Å²) in [4.78, 5) is 12.1. The molecule has 3 rings (SSSR count). The van der Waals surface area contributed by atoms with Gasteiger partial charge in [-0.2, -0.15) is 4.31 Å². The molecule has 5 nitrogen and oxygen atoms in total. The Morgan fingerprint density at radius 2 is 1.92 bits per heavy atom. The van der Waals surface area contributed by atoms with Gasteiger partial charge in [0.2, 0.25) is 10.0 Å². The Labute approximate surface area is 155 Å². The number of nitrogens with zero attached hydrogens (tertiary/aromatic N) is 1. The van der Waals surface area contributed by atoms with Crippen molar-refractivity contribution in [2.75, 3.05) is 19.7 Å². The molecule has 0 aromatic heterocycles. The highest BCUT2D eigenvalue weighted by Gasteiger charge is 2.52. The van der Waals surface area contributed by atoms with Crippen molar-refractivity contribution in [3.63, 3.8) is 0 Å². The van der Waals surface area contributed by atoms with Crippen LogP contribution in [0.4, 0.5) is 0 Å². The lowest BCUT2D eigenvalue weighted by Crippen LogP contribution is -2.28. The fourth-order valence-electron chi connectivity index (χ4n) is 2.61. The third-order valence-corrected chi connectivity index (χ3v) is 7.53. The molecule has 0 amide bonds. The lowest BCUT2D eigenvalue weighted by molar-refractivity contribution is 0.0485. The molecular weight excluding hydrogens is 397 g/mol. The monoisotopic (exact) mass is 411 g/mol. The Balaban J connectivity index is 1.77. The van der Waals surface area contributed by atoms with Gasteiger partial charge < -0.3 is 4.74 Å². The molecule has 1 heterocycles. The summed E-state index contributed by atoms with van der Waals surface area (Å²) in [7, 11) is -3.71. The number of esters is 1. The van der Waals surface area contributed by atoms with Gasteiger partial charge in [-0.3, -0.25) is 0 Å². The molecule has 0 radical (unpaired) electrons. The van der Waals surface area contributed by atoms with E-state index >= 15 is 0 Å². The highest BCUT2D eigenvalue weighted by Crippen LogP contribution is 2.53. The molecule has 1 atom stereocenters. The van der Waals surface area contributed by atoms with Crippen molar-refractivity contribution in [3.8, 4) is 0 Å². The van der Waals surface area contributed by atoms with Gasteiger partial charge in [-0.05, 0) is 37.5 Å². The Morgan fingerprint density at radius 1 is 1.29 bits per heavy atom. The van der Waals surface area contributed by atoms with E-state index < -0.39 is 20.3 Å². The molecule has 2 aliphatic rings. The quantitative estimate of drug-likeness (QED) is 0.549. The van der Waals surface area contributed by atoms with Crippen LogP contribution in [0.5, 0.6) is 0 Å². The Kier molecular flexibility index (Phi) is 5.06. The minimum atomic E-state index is -3.71. The minimum Gasteiger partial charge on any atom is -0.462 e. The predicted molar refractivity (Wildman–Crippen MR) is 92.3 cm³/mol. The van der Waals surface area contributed by atoms with Crippen LogP contribution in [0.1, 0.15) is 29.6 Å². The maximum absolute atomic E-state index is 12.6. The molecule has 1 aromatic carbocycles. The molecule has 24 heavy (non-hydrogen) atoms. The number of hydrogen-bond acceptors (Lipinski definition) is 4. The molecule has 0 N–H and O–H groups in total. The number of benzene rings is 1. The van der Waals surface area contributed by atoms with Gasteiger partial charge in [0.1, 0.15) is 9.23 Å². The molecule has 1 aromatic rings. The third-order valence-electron chi connectivity index (χ3n) is 4.22. The highest BCUT2D eigenvalue weighted by molar-refractivity contribution is 7.89. The third kappa shape index (κ3) is 3.68. The van der Waals surface area contributed by atoms with Crippen molar-refractivity contribution in [1.82, 2.24) is 4.31 Å². The Bertz CT molecular complexity index is 760. The van der Waals surface area contributed by atoms with Crippen LogP contribution in [0.2, 0.25) is 5.02 Å². The van der Waals surface area contributed by atoms with Crippen molar-refractivity contribution in [1.29, 1.82) is 0 Å². The van der Waals surface area contributed by atoms with E-state index in [-0.39, 0.29) is 28.0 Å². The first kappa shape index (κ1) is 18.3. The number of sulfonamides is 1. The van der Waals surface area contributed by atoms with Gasteiger partial charge in [-0.1, -0.05) is 11.6 Å². The van der Waals surface area contributed by atoms with Crippen molar-refractivity contribution in [2.24, 2.45) is 5.92 Å². The molecule has 0 unspecified atom stereocenters. The van der Waals surface area contributed by atoms with Crippen LogP contribution in [0, 0.1) is 5.92 Å². The van der Waals surface area contributed by atoms with Gasteiger partial charge in [0.15, 0.2) is 0 Å². The first-order valence-electron chi connectivity index (χ1n) is 7.56. The number of alkyl halides is 2. The average Bonchev–Trinajstić information content (AvgIpc) is 2.94. The summed E-state index contributed by atoms with van der Waals surface area (Å²) in [5, 5.41) is 0.0844. The largest absolute Gasteiger partial charge is 0.462 e. The molecule has 1 aliphatic heterocycles. The second kappa shape index (κ2) is 6.65. The number of halogens is 3. The molecule has 132 valence electrons. The lowest BCUT2D eigenvalue weighted by Gasteiger charge is -2.17. The van der Waals surface area contributed by atoms with Gasteiger partial charge in [0.25, 0.3) is 0 Å². The van der Waals surface area contributed by atoms with Gasteiger partial charge in [-0.25, -0.2) is 13.2 Å². The summed E-state index contributed by atoms with van der Waals surface area (Å²) in [5.41, 5.74) is 0.132. The van der Waals surface area contributed by atoms with Crippen LogP contribution >= 0.6 is 34.8 Å². The van der Waals surface area contributed by atoms with Crippen molar-refractivity contribution in [2.45, 2.75) is 28.5 Å². The minimum absolute atomic E-state index is 0.0732. The maximum atomic E-state index is 12.6. The summed E-state index contributed by atoms with van der Waals surface area (Å²) < 4.78 is 31.0. The zero-order valence-corrected chi connectivity index (χ0v) is 15.8. The zero-order chi connectivity index (χ0) is 17.5. The highest BCUT2D eigenvalue weighted by atomic mass is 35.5. The Morgan fingerprint density at radius 3 is 2.50 bits per heavy atom. The fourth-order valence-corrected chi connectivity index (χ4v) is 5.12. The van der Waals surface area contributed by atoms with Crippen molar-refractivity contribution < 1.29 is 17.9 Å². The summed E-state index contributed by atoms with van der Waals surface area (Å²) >= 11 is 17.8. The van der Waals surface area contributed by atoms with Crippen LogP contribution in [-0.4, -0.2) is 42.7 Å². The number of hydrogen-bond donors (Lipinski definition) is 0. The van der Waals surface area contributed by atoms with E-state index in [0.717, 1.165) is 12.8 Å². The fraction of sp³-hybridized carbons (Fsp3) is 0.533. The number of carbonyl (C=O) groups excluding carboxylic acids is 1. The van der Waals surface area contributed by atoms with E-state index in [1.54, 1.807) is 0 Å². The first-order chi connectivity index (χ1) is 11.2. The normalized spacial score (nSPS) is 23.2. The van der Waals surface area contributed by atoms with Crippen LogP contribution in [0.15, 0.2) is 23.1 Å². The Hall–Kier alpha value is -0.530. The van der Waals surface area contributed by atoms with Crippen LogP contribution < -0.4 is 0 Å². The van der Waals surface area contributed by atoms with Crippen molar-refractivity contribution >= 4 is 50.8 Å². The summed E-state index contributed by atoms with van der Waals surface area (Å²) in [6, 6.07) is 4.10. The molecule has 0 bridgehead atoms. The molecule has 9 heteroatoms. The van der Waals surface area contributed by atoms with E-state index in [0.29, 0.717) is 19.5 Å². The number of ether oxygens (including phenoxy) is 1. The first-order valence-corrected chi connectivity index (χ1v) is 10.1. The van der Waals surface area contributed by atoms with Crippen LogP contribution in [0.25, 0.3) is 0 Å². The number of rotatable bonds is 5.